The van der Waals surface area contributed by atoms with Gasteiger partial charge in [-0.3, -0.25) is 0 Å². The highest BCUT2D eigenvalue weighted by Gasteiger charge is 2.30. The summed E-state index contributed by atoms with van der Waals surface area (Å²) in [6, 6.07) is 15.3. The second kappa shape index (κ2) is 5.78. The van der Waals surface area contributed by atoms with Gasteiger partial charge in [0, 0.05) is 16.8 Å². The van der Waals surface area contributed by atoms with Gasteiger partial charge in [-0.15, -0.1) is 0 Å². The predicted octanol–water partition coefficient (Wildman–Crippen LogP) is 4.40. The average Bonchev–Trinajstić information content (AvgIpc) is 2.44. The number of carbonyl (C=O) groups is 1. The summed E-state index contributed by atoms with van der Waals surface area (Å²) >= 11 is 5.89. The van der Waals surface area contributed by atoms with Crippen LogP contribution in [0.3, 0.4) is 0 Å². The summed E-state index contributed by atoms with van der Waals surface area (Å²) in [6.45, 7) is 0. The topological polar surface area (TPSA) is 49.3 Å². The van der Waals surface area contributed by atoms with Crippen LogP contribution in [0.25, 0.3) is 0 Å². The van der Waals surface area contributed by atoms with Gasteiger partial charge in [0.15, 0.2) is 0 Å². The van der Waals surface area contributed by atoms with Crippen molar-refractivity contribution < 1.29 is 9.90 Å². The predicted molar refractivity (Wildman–Crippen MR) is 84.2 cm³/mol. The number of nitrogens with one attached hydrogen (secondary N) is 1. The third kappa shape index (κ3) is 3.03. The minimum atomic E-state index is -0.897. The van der Waals surface area contributed by atoms with Crippen molar-refractivity contribution in [3.05, 3.63) is 64.7 Å². The SMILES string of the molecule is O=C(O)c1ccccc1NC1CC(c2ccc(Cl)cc2)C1. The molecule has 0 saturated heterocycles. The summed E-state index contributed by atoms with van der Waals surface area (Å²) in [6.07, 6.45) is 2.02. The maximum Gasteiger partial charge on any atom is 0.337 e. The molecular formula is C17H16ClNO2. The summed E-state index contributed by atoms with van der Waals surface area (Å²) in [5, 5.41) is 13.3. The quantitative estimate of drug-likeness (QED) is 0.880. The zero-order valence-electron chi connectivity index (χ0n) is 11.4. The number of rotatable bonds is 4. The Hall–Kier alpha value is -2.00. The van der Waals surface area contributed by atoms with Gasteiger partial charge in [0.25, 0.3) is 0 Å². The third-order valence-electron chi connectivity index (χ3n) is 4.00. The molecular weight excluding hydrogens is 286 g/mol. The normalized spacial score (nSPS) is 20.6. The van der Waals surface area contributed by atoms with E-state index in [0.717, 1.165) is 17.9 Å². The van der Waals surface area contributed by atoms with Crippen LogP contribution in [0.1, 0.15) is 34.7 Å². The van der Waals surface area contributed by atoms with Crippen LogP contribution in [0.5, 0.6) is 0 Å². The van der Waals surface area contributed by atoms with Crippen LogP contribution >= 0.6 is 11.6 Å². The molecule has 2 aromatic rings. The molecule has 0 spiro atoms. The van der Waals surface area contributed by atoms with E-state index >= 15 is 0 Å². The molecule has 2 N–H and O–H groups in total. The molecule has 0 unspecified atom stereocenters. The molecule has 3 nitrogen and oxygen atoms in total. The number of para-hydroxylation sites is 1. The number of carboxylic acid groups (broad SMARTS) is 1. The Morgan fingerprint density at radius 2 is 1.76 bits per heavy atom. The van der Waals surface area contributed by atoms with Gasteiger partial charge in [0.1, 0.15) is 0 Å². The highest BCUT2D eigenvalue weighted by Crippen LogP contribution is 2.39. The Morgan fingerprint density at radius 3 is 2.43 bits per heavy atom. The van der Waals surface area contributed by atoms with Gasteiger partial charge in [-0.25, -0.2) is 4.79 Å². The first kappa shape index (κ1) is 14.0. The fourth-order valence-electron chi connectivity index (χ4n) is 2.76. The zero-order valence-corrected chi connectivity index (χ0v) is 12.2. The van der Waals surface area contributed by atoms with E-state index in [9.17, 15) is 9.90 Å². The summed E-state index contributed by atoms with van der Waals surface area (Å²) in [4.78, 5) is 11.2. The van der Waals surface area contributed by atoms with E-state index in [1.165, 1.54) is 5.56 Å². The van der Waals surface area contributed by atoms with Crippen molar-refractivity contribution in [1.82, 2.24) is 0 Å². The number of anilines is 1. The lowest BCUT2D eigenvalue weighted by atomic mass is 9.76. The molecule has 0 aliphatic heterocycles. The van der Waals surface area contributed by atoms with E-state index < -0.39 is 5.97 Å². The molecule has 0 atom stereocenters. The molecule has 0 bridgehead atoms. The van der Waals surface area contributed by atoms with Crippen molar-refractivity contribution in [3.8, 4) is 0 Å². The summed E-state index contributed by atoms with van der Waals surface area (Å²) in [5.74, 6) is -0.372. The van der Waals surface area contributed by atoms with E-state index in [4.69, 9.17) is 11.6 Å². The van der Waals surface area contributed by atoms with Crippen LogP contribution in [0, 0.1) is 0 Å². The van der Waals surface area contributed by atoms with Crippen molar-refractivity contribution in [2.45, 2.75) is 24.8 Å². The van der Waals surface area contributed by atoms with Crippen LogP contribution in [0.4, 0.5) is 5.69 Å². The van der Waals surface area contributed by atoms with E-state index in [1.54, 1.807) is 12.1 Å². The number of halogens is 1. The molecule has 1 aliphatic carbocycles. The molecule has 1 fully saturated rings. The lowest BCUT2D eigenvalue weighted by Crippen LogP contribution is -2.34. The molecule has 2 aromatic carbocycles. The minimum Gasteiger partial charge on any atom is -0.478 e. The van der Waals surface area contributed by atoms with Crippen molar-refractivity contribution in [2.75, 3.05) is 5.32 Å². The smallest absolute Gasteiger partial charge is 0.337 e. The first-order chi connectivity index (χ1) is 10.1. The van der Waals surface area contributed by atoms with Gasteiger partial charge in [-0.1, -0.05) is 35.9 Å². The molecule has 1 aliphatic rings. The Kier molecular flexibility index (Phi) is 3.84. The largest absolute Gasteiger partial charge is 0.478 e. The molecule has 21 heavy (non-hydrogen) atoms. The van der Waals surface area contributed by atoms with E-state index in [1.807, 2.05) is 24.3 Å². The summed E-state index contributed by atoms with van der Waals surface area (Å²) < 4.78 is 0. The first-order valence-electron chi connectivity index (χ1n) is 6.98. The average molecular weight is 302 g/mol. The van der Waals surface area contributed by atoms with Gasteiger partial charge in [-0.05, 0) is 48.6 Å². The fraction of sp³-hybridized carbons (Fsp3) is 0.235. The molecule has 108 valence electrons. The van der Waals surface area contributed by atoms with Crippen LogP contribution in [0.15, 0.2) is 48.5 Å². The Morgan fingerprint density at radius 1 is 1.10 bits per heavy atom. The standard InChI is InChI=1S/C17H16ClNO2/c18-13-7-5-11(6-8-13)12-9-14(10-12)19-16-4-2-1-3-15(16)17(20)21/h1-8,12,14,19H,9-10H2,(H,20,21). The lowest BCUT2D eigenvalue weighted by Gasteiger charge is -2.37. The van der Waals surface area contributed by atoms with Crippen molar-refractivity contribution in [2.24, 2.45) is 0 Å². The number of hydrogen-bond acceptors (Lipinski definition) is 2. The highest BCUT2D eigenvalue weighted by molar-refractivity contribution is 6.30. The van der Waals surface area contributed by atoms with E-state index in [-0.39, 0.29) is 0 Å². The number of aromatic carboxylic acids is 1. The molecule has 3 rings (SSSR count). The molecule has 0 aromatic heterocycles. The molecule has 0 radical (unpaired) electrons. The molecule has 0 heterocycles. The second-order valence-corrected chi connectivity index (χ2v) is 5.85. The summed E-state index contributed by atoms with van der Waals surface area (Å²) in [5.41, 5.74) is 2.32. The lowest BCUT2D eigenvalue weighted by molar-refractivity contribution is 0.0698. The Labute approximate surface area is 128 Å². The highest BCUT2D eigenvalue weighted by atomic mass is 35.5. The van der Waals surface area contributed by atoms with Crippen LogP contribution in [0.2, 0.25) is 5.02 Å². The van der Waals surface area contributed by atoms with Gasteiger partial charge in [-0.2, -0.15) is 0 Å². The van der Waals surface area contributed by atoms with Crippen molar-refractivity contribution >= 4 is 23.3 Å². The summed E-state index contributed by atoms with van der Waals surface area (Å²) in [7, 11) is 0. The zero-order chi connectivity index (χ0) is 14.8. The van der Waals surface area contributed by atoms with Gasteiger partial charge >= 0.3 is 5.97 Å². The second-order valence-electron chi connectivity index (χ2n) is 5.41. The number of carboxylic acids is 1. The maximum atomic E-state index is 11.2. The van der Waals surface area contributed by atoms with E-state index in [0.29, 0.717) is 23.2 Å². The number of hydrogen-bond donors (Lipinski definition) is 2. The fourth-order valence-corrected chi connectivity index (χ4v) is 2.88. The molecule has 4 heteroatoms. The van der Waals surface area contributed by atoms with Crippen molar-refractivity contribution in [3.63, 3.8) is 0 Å². The van der Waals surface area contributed by atoms with Crippen LogP contribution < -0.4 is 5.32 Å². The van der Waals surface area contributed by atoms with Crippen LogP contribution in [-0.2, 0) is 0 Å². The van der Waals surface area contributed by atoms with Gasteiger partial charge < -0.3 is 10.4 Å². The minimum absolute atomic E-state index is 0.325. The third-order valence-corrected chi connectivity index (χ3v) is 4.25. The van der Waals surface area contributed by atoms with Gasteiger partial charge in [0.05, 0.1) is 5.56 Å². The Bertz CT molecular complexity index is 648. The van der Waals surface area contributed by atoms with Crippen molar-refractivity contribution in [1.29, 1.82) is 0 Å². The monoisotopic (exact) mass is 301 g/mol. The van der Waals surface area contributed by atoms with E-state index in [2.05, 4.69) is 17.4 Å². The Balaban J connectivity index is 1.62. The molecule has 1 saturated carbocycles. The van der Waals surface area contributed by atoms with Gasteiger partial charge in [0.2, 0.25) is 0 Å². The maximum absolute atomic E-state index is 11.2. The van der Waals surface area contributed by atoms with Crippen LogP contribution in [-0.4, -0.2) is 17.1 Å². The molecule has 0 amide bonds. The number of benzene rings is 2. The first-order valence-corrected chi connectivity index (χ1v) is 7.35.